The van der Waals surface area contributed by atoms with Crippen molar-refractivity contribution in [3.05, 3.63) is 59.9 Å². The highest BCUT2D eigenvalue weighted by atomic mass is 16.4. The molecule has 0 fully saturated rings. The van der Waals surface area contributed by atoms with Crippen LogP contribution in [0.2, 0.25) is 0 Å². The van der Waals surface area contributed by atoms with Gasteiger partial charge in [0.15, 0.2) is 5.54 Å². The fourth-order valence-electron chi connectivity index (χ4n) is 1.91. The van der Waals surface area contributed by atoms with Gasteiger partial charge in [0.05, 0.1) is 0 Å². The Balaban J connectivity index is 2.34. The predicted molar refractivity (Wildman–Crippen MR) is 70.1 cm³/mol. The first-order valence-corrected chi connectivity index (χ1v) is 5.85. The van der Waals surface area contributed by atoms with Gasteiger partial charge in [-0.2, -0.15) is 0 Å². The Labute approximate surface area is 114 Å². The Hall–Kier alpha value is -2.60. The second-order valence-electron chi connectivity index (χ2n) is 4.37. The molecule has 1 aromatic rings. The summed E-state index contributed by atoms with van der Waals surface area (Å²) < 4.78 is 0. The van der Waals surface area contributed by atoms with Crippen molar-refractivity contribution >= 4 is 11.9 Å². The van der Waals surface area contributed by atoms with Gasteiger partial charge in [0, 0.05) is 5.56 Å². The van der Waals surface area contributed by atoms with Gasteiger partial charge < -0.3 is 20.6 Å². The van der Waals surface area contributed by atoms with Crippen LogP contribution < -0.4 is 5.32 Å². The molecule has 104 valence electrons. The van der Waals surface area contributed by atoms with E-state index in [0.717, 1.165) is 12.2 Å². The zero-order chi connectivity index (χ0) is 14.8. The van der Waals surface area contributed by atoms with Crippen molar-refractivity contribution in [3.63, 3.8) is 0 Å². The average Bonchev–Trinajstić information content (AvgIpc) is 2.43. The third-order valence-electron chi connectivity index (χ3n) is 3.00. The number of aliphatic carboxylic acids is 1. The predicted octanol–water partition coefficient (Wildman–Crippen LogP) is 0.612. The summed E-state index contributed by atoms with van der Waals surface area (Å²) in [5.41, 5.74) is -1.84. The maximum Gasteiger partial charge on any atom is 0.336 e. The van der Waals surface area contributed by atoms with Gasteiger partial charge in [-0.1, -0.05) is 18.2 Å². The Morgan fingerprint density at radius 2 is 1.85 bits per heavy atom. The molecule has 0 heterocycles. The van der Waals surface area contributed by atoms with Crippen LogP contribution in [0.1, 0.15) is 10.4 Å². The molecule has 0 spiro atoms. The summed E-state index contributed by atoms with van der Waals surface area (Å²) in [4.78, 5) is 23.5. The molecule has 0 radical (unpaired) electrons. The lowest BCUT2D eigenvalue weighted by Gasteiger charge is -2.32. The molecule has 1 amide bonds. The number of aliphatic hydroxyl groups excluding tert-OH is 2. The number of rotatable bonds is 3. The molecule has 1 aromatic carbocycles. The fraction of sp³-hybridized carbons (Fsp3) is 0.143. The van der Waals surface area contributed by atoms with Crippen molar-refractivity contribution in [2.24, 2.45) is 0 Å². The van der Waals surface area contributed by atoms with Crippen molar-refractivity contribution in [2.75, 3.05) is 0 Å². The summed E-state index contributed by atoms with van der Waals surface area (Å²) in [7, 11) is 0. The molecule has 1 aliphatic rings. The standard InChI is InChI=1S/C14H13NO5/c16-10-6-7-11(17)14(8-10,13(19)20)15-12(18)9-4-2-1-3-5-9/h1-8,11,16-17H,(H,15,18)(H,19,20). The Bertz CT molecular complexity index is 593. The number of allylic oxidation sites excluding steroid dienone is 1. The Kier molecular flexibility index (Phi) is 3.58. The minimum absolute atomic E-state index is 0.253. The maximum absolute atomic E-state index is 12.1. The Morgan fingerprint density at radius 1 is 1.20 bits per heavy atom. The van der Waals surface area contributed by atoms with Crippen LogP contribution in [0.15, 0.2) is 54.3 Å². The summed E-state index contributed by atoms with van der Waals surface area (Å²) >= 11 is 0. The van der Waals surface area contributed by atoms with Gasteiger partial charge in [0.25, 0.3) is 5.91 Å². The molecule has 6 nitrogen and oxygen atoms in total. The van der Waals surface area contributed by atoms with E-state index in [1.54, 1.807) is 18.2 Å². The largest absolute Gasteiger partial charge is 0.508 e. The van der Waals surface area contributed by atoms with E-state index in [1.165, 1.54) is 18.2 Å². The van der Waals surface area contributed by atoms with Gasteiger partial charge in [-0.3, -0.25) is 4.79 Å². The van der Waals surface area contributed by atoms with Crippen LogP contribution in [0.3, 0.4) is 0 Å². The summed E-state index contributed by atoms with van der Waals surface area (Å²) in [6.45, 7) is 0. The van der Waals surface area contributed by atoms with Crippen molar-refractivity contribution in [3.8, 4) is 0 Å². The lowest BCUT2D eigenvalue weighted by molar-refractivity contribution is -0.145. The molecule has 2 unspecified atom stereocenters. The first-order valence-electron chi connectivity index (χ1n) is 5.85. The van der Waals surface area contributed by atoms with Crippen LogP contribution in [-0.4, -0.2) is 38.8 Å². The lowest BCUT2D eigenvalue weighted by atomic mass is 9.87. The van der Waals surface area contributed by atoms with E-state index in [-0.39, 0.29) is 11.3 Å². The summed E-state index contributed by atoms with van der Waals surface area (Å²) in [5.74, 6) is -2.47. The molecule has 2 rings (SSSR count). The highest BCUT2D eigenvalue weighted by Gasteiger charge is 2.46. The van der Waals surface area contributed by atoms with Gasteiger partial charge >= 0.3 is 5.97 Å². The number of aliphatic hydroxyl groups is 2. The molecule has 1 aliphatic carbocycles. The van der Waals surface area contributed by atoms with Gasteiger partial charge in [0.2, 0.25) is 0 Å². The van der Waals surface area contributed by atoms with Crippen molar-refractivity contribution in [1.82, 2.24) is 5.32 Å². The number of carbonyl (C=O) groups is 2. The number of carboxylic acids is 1. The number of hydrogen-bond donors (Lipinski definition) is 4. The molecule has 2 atom stereocenters. The first kappa shape index (κ1) is 13.8. The van der Waals surface area contributed by atoms with Crippen LogP contribution in [0.4, 0.5) is 0 Å². The molecule has 0 saturated carbocycles. The third kappa shape index (κ3) is 2.41. The molecule has 4 N–H and O–H groups in total. The second kappa shape index (κ2) is 5.18. The minimum atomic E-state index is -2.09. The van der Waals surface area contributed by atoms with Gasteiger partial charge in [-0.05, 0) is 30.4 Å². The highest BCUT2D eigenvalue weighted by Crippen LogP contribution is 2.22. The molecule has 0 aromatic heterocycles. The van der Waals surface area contributed by atoms with Crippen molar-refractivity contribution in [2.45, 2.75) is 11.6 Å². The summed E-state index contributed by atoms with van der Waals surface area (Å²) in [6.07, 6.45) is 1.69. The van der Waals surface area contributed by atoms with Crippen LogP contribution in [0.5, 0.6) is 0 Å². The number of benzene rings is 1. The number of carboxylic acid groups (broad SMARTS) is 1. The van der Waals surface area contributed by atoms with Crippen molar-refractivity contribution in [1.29, 1.82) is 0 Å². The zero-order valence-corrected chi connectivity index (χ0v) is 10.4. The van der Waals surface area contributed by atoms with Crippen LogP contribution in [0.25, 0.3) is 0 Å². The van der Waals surface area contributed by atoms with E-state index in [2.05, 4.69) is 5.32 Å². The summed E-state index contributed by atoms with van der Waals surface area (Å²) in [5, 5.41) is 30.9. The average molecular weight is 275 g/mol. The van der Waals surface area contributed by atoms with Crippen LogP contribution in [-0.2, 0) is 4.79 Å². The number of hydrogen-bond acceptors (Lipinski definition) is 4. The smallest absolute Gasteiger partial charge is 0.336 e. The zero-order valence-electron chi connectivity index (χ0n) is 10.4. The second-order valence-corrected chi connectivity index (χ2v) is 4.37. The van der Waals surface area contributed by atoms with E-state index < -0.39 is 23.5 Å². The molecule has 20 heavy (non-hydrogen) atoms. The normalized spacial score (nSPS) is 24.9. The quantitative estimate of drug-likeness (QED) is 0.646. The number of nitrogens with one attached hydrogen (secondary N) is 1. The summed E-state index contributed by atoms with van der Waals surface area (Å²) in [6, 6.07) is 8.01. The SMILES string of the molecule is O=C(NC1(C(=O)O)C=C(O)C=CC1O)c1ccccc1. The van der Waals surface area contributed by atoms with Crippen LogP contribution >= 0.6 is 0 Å². The molecular weight excluding hydrogens is 262 g/mol. The lowest BCUT2D eigenvalue weighted by Crippen LogP contribution is -2.61. The molecule has 0 bridgehead atoms. The van der Waals surface area contributed by atoms with Gasteiger partial charge in [-0.25, -0.2) is 4.79 Å². The van der Waals surface area contributed by atoms with E-state index in [9.17, 15) is 24.9 Å². The number of carbonyl (C=O) groups excluding carboxylic acids is 1. The molecular formula is C14H13NO5. The number of amides is 1. The monoisotopic (exact) mass is 275 g/mol. The van der Waals surface area contributed by atoms with E-state index >= 15 is 0 Å². The van der Waals surface area contributed by atoms with Gasteiger partial charge in [-0.15, -0.1) is 0 Å². The van der Waals surface area contributed by atoms with E-state index in [4.69, 9.17) is 0 Å². The molecule has 6 heteroatoms. The fourth-order valence-corrected chi connectivity index (χ4v) is 1.91. The van der Waals surface area contributed by atoms with E-state index in [1.807, 2.05) is 0 Å². The maximum atomic E-state index is 12.1. The van der Waals surface area contributed by atoms with Crippen molar-refractivity contribution < 1.29 is 24.9 Å². The van der Waals surface area contributed by atoms with Crippen LogP contribution in [0, 0.1) is 0 Å². The topological polar surface area (TPSA) is 107 Å². The first-order chi connectivity index (χ1) is 9.45. The Morgan fingerprint density at radius 3 is 2.45 bits per heavy atom. The highest BCUT2D eigenvalue weighted by molar-refractivity contribution is 5.99. The molecule has 0 saturated heterocycles. The molecule has 0 aliphatic heterocycles. The van der Waals surface area contributed by atoms with Gasteiger partial charge in [0.1, 0.15) is 11.9 Å². The third-order valence-corrected chi connectivity index (χ3v) is 3.00. The van der Waals surface area contributed by atoms with E-state index in [0.29, 0.717) is 0 Å². The minimum Gasteiger partial charge on any atom is -0.508 e.